The summed E-state index contributed by atoms with van der Waals surface area (Å²) in [4.78, 5) is 10.4. The molecule has 0 saturated heterocycles. The Hall–Kier alpha value is -1.72. The van der Waals surface area contributed by atoms with Crippen LogP contribution in [0.3, 0.4) is 0 Å². The Balaban J connectivity index is 2.11. The van der Waals surface area contributed by atoms with Gasteiger partial charge in [-0.3, -0.25) is 0 Å². The first-order valence-electron chi connectivity index (χ1n) is 5.90. The first-order valence-corrected chi connectivity index (χ1v) is 7.09. The normalized spacial score (nSPS) is 11.0. The van der Waals surface area contributed by atoms with Crippen LogP contribution >= 0.6 is 22.9 Å². The van der Waals surface area contributed by atoms with Crippen LogP contribution in [-0.4, -0.2) is 9.97 Å². The van der Waals surface area contributed by atoms with Gasteiger partial charge in [-0.05, 0) is 37.6 Å². The minimum atomic E-state index is -0.405. The molecule has 2 heterocycles. The summed E-state index contributed by atoms with van der Waals surface area (Å²) < 4.78 is 18.8. The van der Waals surface area contributed by atoms with E-state index in [4.69, 9.17) is 16.3 Å². The van der Waals surface area contributed by atoms with Gasteiger partial charge in [-0.1, -0.05) is 11.6 Å². The van der Waals surface area contributed by atoms with E-state index in [0.717, 1.165) is 20.7 Å². The molecule has 0 spiro atoms. The van der Waals surface area contributed by atoms with E-state index < -0.39 is 5.82 Å². The van der Waals surface area contributed by atoms with Crippen molar-refractivity contribution in [2.75, 3.05) is 0 Å². The number of hydrogen-bond donors (Lipinski definition) is 0. The van der Waals surface area contributed by atoms with E-state index in [-0.39, 0.29) is 5.02 Å². The fourth-order valence-corrected chi connectivity index (χ4v) is 3.08. The van der Waals surface area contributed by atoms with Crippen molar-refractivity contribution in [3.63, 3.8) is 0 Å². The number of nitrogens with zero attached hydrogens (tertiary/aromatic N) is 2. The van der Waals surface area contributed by atoms with Crippen LogP contribution in [0.4, 0.5) is 4.39 Å². The molecule has 0 unspecified atom stereocenters. The second-order valence-electron chi connectivity index (χ2n) is 4.32. The lowest BCUT2D eigenvalue weighted by atomic mass is 10.2. The van der Waals surface area contributed by atoms with Crippen molar-refractivity contribution in [1.29, 1.82) is 0 Å². The second-order valence-corrected chi connectivity index (χ2v) is 5.93. The molecule has 0 atom stereocenters. The SMILES string of the molecule is Cc1sc2ncnc(Oc3ccc(F)cc3Cl)c2c1C. The maximum Gasteiger partial charge on any atom is 0.231 e. The molecule has 6 heteroatoms. The summed E-state index contributed by atoms with van der Waals surface area (Å²) >= 11 is 7.56. The van der Waals surface area contributed by atoms with Crippen LogP contribution in [0.15, 0.2) is 24.5 Å². The third kappa shape index (κ3) is 2.23. The number of thiophene rings is 1. The van der Waals surface area contributed by atoms with Gasteiger partial charge in [-0.25, -0.2) is 14.4 Å². The lowest BCUT2D eigenvalue weighted by molar-refractivity contribution is 0.466. The van der Waals surface area contributed by atoms with E-state index in [1.54, 1.807) is 11.3 Å². The summed E-state index contributed by atoms with van der Waals surface area (Å²) in [7, 11) is 0. The maximum atomic E-state index is 13.0. The van der Waals surface area contributed by atoms with E-state index in [2.05, 4.69) is 9.97 Å². The predicted octanol–water partition coefficient (Wildman–Crippen LogP) is 4.89. The summed E-state index contributed by atoms with van der Waals surface area (Å²) in [5, 5.41) is 1.08. The van der Waals surface area contributed by atoms with Gasteiger partial charge in [0.2, 0.25) is 5.88 Å². The van der Waals surface area contributed by atoms with Crippen molar-refractivity contribution in [3.8, 4) is 11.6 Å². The molecule has 3 nitrogen and oxygen atoms in total. The van der Waals surface area contributed by atoms with E-state index in [1.807, 2.05) is 13.8 Å². The van der Waals surface area contributed by atoms with Crippen molar-refractivity contribution in [3.05, 3.63) is 45.8 Å². The largest absolute Gasteiger partial charge is 0.437 e. The first kappa shape index (κ1) is 13.3. The number of rotatable bonds is 2. The van der Waals surface area contributed by atoms with Crippen LogP contribution in [0.2, 0.25) is 5.02 Å². The van der Waals surface area contributed by atoms with Crippen LogP contribution in [0.1, 0.15) is 10.4 Å². The van der Waals surface area contributed by atoms with Crippen LogP contribution in [-0.2, 0) is 0 Å². The Labute approximate surface area is 124 Å². The molecule has 0 aliphatic heterocycles. The number of hydrogen-bond acceptors (Lipinski definition) is 4. The molecule has 0 aliphatic carbocycles. The molecule has 1 aromatic carbocycles. The molecule has 0 N–H and O–H groups in total. The fraction of sp³-hybridized carbons (Fsp3) is 0.143. The summed E-state index contributed by atoms with van der Waals surface area (Å²) in [5.74, 6) is 0.402. The molecule has 3 rings (SSSR count). The van der Waals surface area contributed by atoms with Crippen molar-refractivity contribution < 1.29 is 9.13 Å². The molecule has 3 aromatic rings. The Morgan fingerprint density at radius 3 is 2.80 bits per heavy atom. The van der Waals surface area contributed by atoms with E-state index in [9.17, 15) is 4.39 Å². The average molecular weight is 309 g/mol. The smallest absolute Gasteiger partial charge is 0.231 e. The van der Waals surface area contributed by atoms with Crippen molar-refractivity contribution in [2.24, 2.45) is 0 Å². The third-order valence-corrected chi connectivity index (χ3v) is 4.44. The average Bonchev–Trinajstić information content (AvgIpc) is 2.69. The highest BCUT2D eigenvalue weighted by Crippen LogP contribution is 2.37. The van der Waals surface area contributed by atoms with Crippen LogP contribution in [0, 0.1) is 19.7 Å². The maximum absolute atomic E-state index is 13.0. The standard InChI is InChI=1S/C14H10ClFN2OS/c1-7-8(2)20-14-12(7)13(17-6-18-14)19-11-4-3-9(16)5-10(11)15/h3-6H,1-2H3. The van der Waals surface area contributed by atoms with Crippen molar-refractivity contribution >= 4 is 33.2 Å². The Kier molecular flexibility index (Phi) is 3.31. The monoisotopic (exact) mass is 308 g/mol. The molecule has 102 valence electrons. The van der Waals surface area contributed by atoms with Crippen molar-refractivity contribution in [1.82, 2.24) is 9.97 Å². The highest BCUT2D eigenvalue weighted by atomic mass is 35.5. The highest BCUT2D eigenvalue weighted by molar-refractivity contribution is 7.18. The lowest BCUT2D eigenvalue weighted by Crippen LogP contribution is -1.91. The Bertz CT molecular complexity index is 803. The summed E-state index contributed by atoms with van der Waals surface area (Å²) in [5.41, 5.74) is 1.08. The van der Waals surface area contributed by atoms with Crippen LogP contribution < -0.4 is 4.74 Å². The quantitative estimate of drug-likeness (QED) is 0.676. The van der Waals surface area contributed by atoms with Crippen LogP contribution in [0.25, 0.3) is 10.2 Å². The number of ether oxygens (including phenoxy) is 1. The fourth-order valence-electron chi connectivity index (χ4n) is 1.89. The van der Waals surface area contributed by atoms with E-state index in [1.165, 1.54) is 24.5 Å². The third-order valence-electron chi connectivity index (χ3n) is 3.03. The Morgan fingerprint density at radius 2 is 2.05 bits per heavy atom. The van der Waals surface area contributed by atoms with Gasteiger partial charge in [-0.15, -0.1) is 11.3 Å². The molecular weight excluding hydrogens is 299 g/mol. The van der Waals surface area contributed by atoms with E-state index >= 15 is 0 Å². The summed E-state index contributed by atoms with van der Waals surface area (Å²) in [6.45, 7) is 4.02. The summed E-state index contributed by atoms with van der Waals surface area (Å²) in [6.07, 6.45) is 1.45. The van der Waals surface area contributed by atoms with Gasteiger partial charge in [0.15, 0.2) is 0 Å². The van der Waals surface area contributed by atoms with Crippen molar-refractivity contribution in [2.45, 2.75) is 13.8 Å². The zero-order valence-electron chi connectivity index (χ0n) is 10.8. The highest BCUT2D eigenvalue weighted by Gasteiger charge is 2.14. The lowest BCUT2D eigenvalue weighted by Gasteiger charge is -2.07. The predicted molar refractivity (Wildman–Crippen MR) is 78.4 cm³/mol. The number of aromatic nitrogens is 2. The number of benzene rings is 1. The number of fused-ring (bicyclic) bond motifs is 1. The Morgan fingerprint density at radius 1 is 1.25 bits per heavy atom. The molecule has 2 aromatic heterocycles. The topological polar surface area (TPSA) is 35.0 Å². The second kappa shape index (κ2) is 5.00. The molecular formula is C14H10ClFN2OS. The molecule has 20 heavy (non-hydrogen) atoms. The molecule has 0 amide bonds. The van der Waals surface area contributed by atoms with E-state index in [0.29, 0.717) is 11.6 Å². The van der Waals surface area contributed by atoms with Gasteiger partial charge < -0.3 is 4.74 Å². The number of halogens is 2. The van der Waals surface area contributed by atoms with Gasteiger partial charge in [0.1, 0.15) is 22.7 Å². The first-order chi connectivity index (χ1) is 9.56. The minimum absolute atomic E-state index is 0.210. The van der Waals surface area contributed by atoms with Gasteiger partial charge in [0, 0.05) is 4.88 Å². The van der Waals surface area contributed by atoms with Gasteiger partial charge >= 0.3 is 0 Å². The zero-order chi connectivity index (χ0) is 14.3. The molecule has 0 bridgehead atoms. The number of aryl methyl sites for hydroxylation is 2. The van der Waals surface area contributed by atoms with Gasteiger partial charge in [0.25, 0.3) is 0 Å². The zero-order valence-corrected chi connectivity index (χ0v) is 12.3. The van der Waals surface area contributed by atoms with Gasteiger partial charge in [0.05, 0.1) is 10.4 Å². The molecule has 0 radical (unpaired) electrons. The van der Waals surface area contributed by atoms with Crippen LogP contribution in [0.5, 0.6) is 11.6 Å². The summed E-state index contributed by atoms with van der Waals surface area (Å²) in [6, 6.07) is 3.99. The van der Waals surface area contributed by atoms with Gasteiger partial charge in [-0.2, -0.15) is 0 Å². The minimum Gasteiger partial charge on any atom is -0.437 e. The molecule has 0 fully saturated rings. The molecule has 0 saturated carbocycles. The molecule has 0 aliphatic rings.